The average Bonchev–Trinajstić information content (AvgIpc) is 2.77. The Bertz CT molecular complexity index is 754. The molecule has 11 heteroatoms. The maximum Gasteiger partial charge on any atom is 0.490 e. The smallest absolute Gasteiger partial charge is 0.480 e. The molecule has 23 heavy (non-hydrogen) atoms. The molecule has 0 aliphatic carbocycles. The fraction of sp³-hybridized carbons (Fsp3) is 0.250. The van der Waals surface area contributed by atoms with Crippen LogP contribution in [0.5, 0.6) is 0 Å². The van der Waals surface area contributed by atoms with E-state index in [0.29, 0.717) is 16.6 Å². The van der Waals surface area contributed by atoms with Gasteiger partial charge in [0.25, 0.3) is 0 Å². The summed E-state index contributed by atoms with van der Waals surface area (Å²) in [6, 6.07) is 0. The second-order valence-electron chi connectivity index (χ2n) is 4.18. The Morgan fingerprint density at radius 3 is 2.26 bits per heavy atom. The third-order valence-corrected chi connectivity index (χ3v) is 2.47. The summed E-state index contributed by atoms with van der Waals surface area (Å²) in [5.74, 6) is -3.87. The van der Waals surface area contributed by atoms with Crippen LogP contribution in [0.4, 0.5) is 13.2 Å². The van der Waals surface area contributed by atoms with Crippen molar-refractivity contribution in [2.75, 3.05) is 0 Å². The van der Waals surface area contributed by atoms with Crippen molar-refractivity contribution in [1.82, 2.24) is 14.5 Å². The minimum Gasteiger partial charge on any atom is -0.480 e. The number of aliphatic carboxylic acids is 2. The van der Waals surface area contributed by atoms with Crippen molar-refractivity contribution in [1.29, 1.82) is 0 Å². The molecule has 124 valence electrons. The second kappa shape index (κ2) is 6.85. The predicted octanol–water partition coefficient (Wildman–Crippen LogP) is 1.35. The number of carboxylic acid groups (broad SMARTS) is 2. The Kier molecular flexibility index (Phi) is 5.38. The normalized spacial score (nSPS) is 10.8. The quantitative estimate of drug-likeness (QED) is 0.813. The van der Waals surface area contributed by atoms with E-state index in [1.54, 1.807) is 0 Å². The predicted molar refractivity (Wildman–Crippen MR) is 68.9 cm³/mol. The summed E-state index contributed by atoms with van der Waals surface area (Å²) in [6.07, 6.45) is -0.752. The third-order valence-electron chi connectivity index (χ3n) is 2.47. The van der Waals surface area contributed by atoms with Crippen LogP contribution >= 0.6 is 0 Å². The molecule has 0 saturated heterocycles. The van der Waals surface area contributed by atoms with E-state index in [9.17, 15) is 22.8 Å². The second-order valence-corrected chi connectivity index (χ2v) is 4.18. The zero-order valence-electron chi connectivity index (χ0n) is 11.5. The first-order chi connectivity index (χ1) is 10.5. The number of hydrogen-bond donors (Lipinski definition) is 2. The molecular weight excluding hydrogens is 323 g/mol. The van der Waals surface area contributed by atoms with Gasteiger partial charge in [0, 0.05) is 23.3 Å². The molecule has 2 N–H and O–H groups in total. The highest BCUT2D eigenvalue weighted by Crippen LogP contribution is 2.18. The fourth-order valence-corrected chi connectivity index (χ4v) is 1.58. The lowest BCUT2D eigenvalue weighted by atomic mass is 10.2. The van der Waals surface area contributed by atoms with E-state index in [4.69, 9.17) is 15.0 Å². The topological polar surface area (TPSA) is 122 Å². The van der Waals surface area contributed by atoms with Crippen LogP contribution in [0.3, 0.4) is 0 Å². The summed E-state index contributed by atoms with van der Waals surface area (Å²) in [7, 11) is 0. The molecule has 2 heterocycles. The highest BCUT2D eigenvalue weighted by molar-refractivity contribution is 6.06. The number of fused-ring (bicyclic) bond motifs is 1. The van der Waals surface area contributed by atoms with Gasteiger partial charge >= 0.3 is 18.1 Å². The van der Waals surface area contributed by atoms with E-state index in [2.05, 4.69) is 9.97 Å². The minimum absolute atomic E-state index is 0.135. The van der Waals surface area contributed by atoms with Gasteiger partial charge in [-0.2, -0.15) is 13.2 Å². The van der Waals surface area contributed by atoms with Gasteiger partial charge in [-0.15, -0.1) is 0 Å². The fourth-order valence-electron chi connectivity index (χ4n) is 1.58. The van der Waals surface area contributed by atoms with Crippen LogP contribution in [0.25, 0.3) is 11.0 Å². The van der Waals surface area contributed by atoms with Gasteiger partial charge in [0.15, 0.2) is 5.78 Å². The molecule has 0 bridgehead atoms. The molecule has 8 nitrogen and oxygen atoms in total. The van der Waals surface area contributed by atoms with Crippen LogP contribution in [-0.2, 0) is 16.1 Å². The van der Waals surface area contributed by atoms with E-state index in [0.717, 1.165) is 0 Å². The molecule has 0 fully saturated rings. The van der Waals surface area contributed by atoms with E-state index in [1.165, 1.54) is 30.2 Å². The lowest BCUT2D eigenvalue weighted by molar-refractivity contribution is -0.192. The van der Waals surface area contributed by atoms with Crippen molar-refractivity contribution in [2.45, 2.75) is 19.6 Å². The van der Waals surface area contributed by atoms with Crippen molar-refractivity contribution in [3.8, 4) is 0 Å². The maximum absolute atomic E-state index is 11.3. The summed E-state index contributed by atoms with van der Waals surface area (Å²) >= 11 is 0. The molecule has 0 spiro atoms. The summed E-state index contributed by atoms with van der Waals surface area (Å²) in [6.45, 7) is 1.20. The van der Waals surface area contributed by atoms with Gasteiger partial charge in [-0.25, -0.2) is 14.8 Å². The molecule has 0 aliphatic heterocycles. The zero-order chi connectivity index (χ0) is 17.8. The van der Waals surface area contributed by atoms with Crippen molar-refractivity contribution in [3.63, 3.8) is 0 Å². The first-order valence-corrected chi connectivity index (χ1v) is 5.85. The SMILES string of the molecule is CC(=O)c1cn(CC(=O)O)c2ncncc12.O=C(O)C(F)(F)F. The number of Topliss-reactive ketones (excluding diaryl/α,β-unsaturated/α-hetero) is 1. The van der Waals surface area contributed by atoms with Crippen molar-refractivity contribution < 1.29 is 37.8 Å². The van der Waals surface area contributed by atoms with Gasteiger partial charge in [-0.3, -0.25) is 9.59 Å². The van der Waals surface area contributed by atoms with Gasteiger partial charge in [0.2, 0.25) is 0 Å². The molecule has 0 amide bonds. The highest BCUT2D eigenvalue weighted by Gasteiger charge is 2.38. The number of hydrogen-bond acceptors (Lipinski definition) is 5. The van der Waals surface area contributed by atoms with Gasteiger partial charge in [-0.1, -0.05) is 0 Å². The largest absolute Gasteiger partial charge is 0.490 e. The molecule has 2 rings (SSSR count). The van der Waals surface area contributed by atoms with Gasteiger partial charge in [0.1, 0.15) is 18.5 Å². The summed E-state index contributed by atoms with van der Waals surface area (Å²) in [5, 5.41) is 16.4. The molecule has 0 aromatic carbocycles. The Balaban J connectivity index is 0.000000322. The van der Waals surface area contributed by atoms with Crippen LogP contribution in [0.1, 0.15) is 17.3 Å². The van der Waals surface area contributed by atoms with Crippen molar-refractivity contribution in [2.24, 2.45) is 0 Å². The Hall–Kier alpha value is -2.98. The van der Waals surface area contributed by atoms with Gasteiger partial charge in [0.05, 0.1) is 0 Å². The number of aromatic nitrogens is 3. The standard InChI is InChI=1S/C10H9N3O3.C2HF3O2/c1-6(14)8-3-13(4-9(15)16)10-7(8)2-11-5-12-10;3-2(4,5)1(6)7/h2-3,5H,4H2,1H3,(H,15,16);(H,6,7). The molecule has 0 unspecified atom stereocenters. The third kappa shape index (κ3) is 4.76. The minimum atomic E-state index is -5.08. The Labute approximate surface area is 126 Å². The average molecular weight is 333 g/mol. The van der Waals surface area contributed by atoms with Crippen LogP contribution < -0.4 is 0 Å². The Morgan fingerprint density at radius 2 is 1.83 bits per heavy atom. The number of nitrogens with zero attached hydrogens (tertiary/aromatic N) is 3. The number of carbonyl (C=O) groups excluding carboxylic acids is 1. The highest BCUT2D eigenvalue weighted by atomic mass is 19.4. The number of carbonyl (C=O) groups is 3. The molecule has 2 aromatic rings. The maximum atomic E-state index is 11.3. The summed E-state index contributed by atoms with van der Waals surface area (Å²) in [4.78, 5) is 38.7. The van der Waals surface area contributed by atoms with E-state index in [1.807, 2.05) is 0 Å². The monoisotopic (exact) mass is 333 g/mol. The lowest BCUT2D eigenvalue weighted by Gasteiger charge is -1.98. The van der Waals surface area contributed by atoms with Crippen LogP contribution in [-0.4, -0.2) is 48.6 Å². The zero-order valence-corrected chi connectivity index (χ0v) is 11.5. The van der Waals surface area contributed by atoms with E-state index in [-0.39, 0.29) is 12.3 Å². The van der Waals surface area contributed by atoms with Crippen molar-refractivity contribution >= 4 is 28.8 Å². The van der Waals surface area contributed by atoms with E-state index >= 15 is 0 Å². The first kappa shape index (κ1) is 18.1. The van der Waals surface area contributed by atoms with Gasteiger partial charge < -0.3 is 14.8 Å². The van der Waals surface area contributed by atoms with Crippen LogP contribution in [0.2, 0.25) is 0 Å². The molecule has 0 aliphatic rings. The van der Waals surface area contributed by atoms with E-state index < -0.39 is 18.1 Å². The molecule has 0 radical (unpaired) electrons. The Morgan fingerprint density at radius 1 is 1.26 bits per heavy atom. The van der Waals surface area contributed by atoms with Crippen LogP contribution in [0.15, 0.2) is 18.7 Å². The lowest BCUT2D eigenvalue weighted by Crippen LogP contribution is -2.21. The molecule has 0 atom stereocenters. The molecular formula is C12H10F3N3O5. The number of alkyl halides is 3. The van der Waals surface area contributed by atoms with Gasteiger partial charge in [-0.05, 0) is 6.92 Å². The number of rotatable bonds is 3. The molecule has 0 saturated carbocycles. The summed E-state index contributed by atoms with van der Waals surface area (Å²) < 4.78 is 33.2. The first-order valence-electron chi connectivity index (χ1n) is 5.85. The molecule has 2 aromatic heterocycles. The number of halogens is 3. The number of carboxylic acids is 2. The van der Waals surface area contributed by atoms with Crippen LogP contribution in [0, 0.1) is 0 Å². The summed E-state index contributed by atoms with van der Waals surface area (Å²) in [5.41, 5.74) is 0.902. The van der Waals surface area contributed by atoms with Crippen molar-refractivity contribution in [3.05, 3.63) is 24.3 Å². The number of ketones is 1.